The summed E-state index contributed by atoms with van der Waals surface area (Å²) in [6.07, 6.45) is 1.53. The molecule has 1 aliphatic carbocycles. The first-order valence-electron chi connectivity index (χ1n) is 8.09. The monoisotopic (exact) mass is 379 g/mol. The molecule has 1 aromatic carbocycles. The Kier molecular flexibility index (Phi) is 5.42. The number of benzene rings is 1. The molecule has 0 spiro atoms. The fourth-order valence-corrected chi connectivity index (χ4v) is 4.27. The normalized spacial score (nSPS) is 16.2. The number of ether oxygens (including phenoxy) is 1. The van der Waals surface area contributed by atoms with E-state index in [9.17, 15) is 14.7 Å². The van der Waals surface area contributed by atoms with Crippen molar-refractivity contribution in [2.45, 2.75) is 32.3 Å². The number of esters is 1. The van der Waals surface area contributed by atoms with Crippen molar-refractivity contribution in [3.05, 3.63) is 50.9 Å². The third-order valence-corrected chi connectivity index (χ3v) is 5.56. The molecule has 0 unspecified atom stereocenters. The number of nitrogens with one attached hydrogen (secondary N) is 1. The van der Waals surface area contributed by atoms with E-state index >= 15 is 0 Å². The molecule has 1 aromatic heterocycles. The molecule has 0 radical (unpaired) electrons. The molecule has 5 nitrogen and oxygen atoms in total. The lowest BCUT2D eigenvalue weighted by Crippen LogP contribution is -2.16. The standard InChI is InChI=1S/C18H18ClNO4S/c1-2-24-18(23)14-12-4-3-5-13(21)15(12)25-17(14)20-16(22)10-6-8-11(19)9-7-10/h6-9,13,21H,2-5H2,1H3,(H,20,22)/t13-/m1/s1. The van der Waals surface area contributed by atoms with Crippen molar-refractivity contribution in [1.82, 2.24) is 0 Å². The highest BCUT2D eigenvalue weighted by atomic mass is 35.5. The first kappa shape index (κ1) is 17.9. The van der Waals surface area contributed by atoms with E-state index < -0.39 is 12.1 Å². The zero-order valence-corrected chi connectivity index (χ0v) is 15.2. The smallest absolute Gasteiger partial charge is 0.341 e. The summed E-state index contributed by atoms with van der Waals surface area (Å²) in [5, 5.41) is 14.0. The van der Waals surface area contributed by atoms with Gasteiger partial charge in [0.05, 0.1) is 18.3 Å². The molecule has 7 heteroatoms. The van der Waals surface area contributed by atoms with Crippen molar-refractivity contribution < 1.29 is 19.4 Å². The Morgan fingerprint density at radius 1 is 1.36 bits per heavy atom. The van der Waals surface area contributed by atoms with Gasteiger partial charge < -0.3 is 15.2 Å². The maximum Gasteiger partial charge on any atom is 0.341 e. The molecule has 3 rings (SSSR count). The summed E-state index contributed by atoms with van der Waals surface area (Å²) in [6.45, 7) is 1.98. The van der Waals surface area contributed by atoms with Gasteiger partial charge in [-0.2, -0.15) is 0 Å². The minimum Gasteiger partial charge on any atom is -0.462 e. The number of thiophene rings is 1. The molecule has 1 heterocycles. The topological polar surface area (TPSA) is 75.6 Å². The summed E-state index contributed by atoms with van der Waals surface area (Å²) >= 11 is 7.09. The van der Waals surface area contributed by atoms with Gasteiger partial charge in [0, 0.05) is 15.5 Å². The number of aliphatic hydroxyl groups excluding tert-OH is 1. The molecule has 0 saturated heterocycles. The predicted octanol–water partition coefficient (Wildman–Crippen LogP) is 4.20. The maximum absolute atomic E-state index is 12.5. The number of anilines is 1. The van der Waals surface area contributed by atoms with Gasteiger partial charge in [-0.25, -0.2) is 4.79 Å². The molecule has 2 N–H and O–H groups in total. The van der Waals surface area contributed by atoms with Crippen molar-refractivity contribution in [3.63, 3.8) is 0 Å². The van der Waals surface area contributed by atoms with Gasteiger partial charge in [0.15, 0.2) is 0 Å². The van der Waals surface area contributed by atoms with E-state index in [1.807, 2.05) is 0 Å². The van der Waals surface area contributed by atoms with Gasteiger partial charge in [-0.3, -0.25) is 4.79 Å². The van der Waals surface area contributed by atoms with Gasteiger partial charge in [0.2, 0.25) is 0 Å². The average molecular weight is 380 g/mol. The lowest BCUT2D eigenvalue weighted by Gasteiger charge is -2.17. The fraction of sp³-hybridized carbons (Fsp3) is 0.333. The molecule has 25 heavy (non-hydrogen) atoms. The van der Waals surface area contributed by atoms with Gasteiger partial charge >= 0.3 is 5.97 Å². The number of rotatable bonds is 4. The molecule has 2 aromatic rings. The maximum atomic E-state index is 12.5. The van der Waals surface area contributed by atoms with E-state index in [1.165, 1.54) is 11.3 Å². The van der Waals surface area contributed by atoms with Crippen LogP contribution < -0.4 is 5.32 Å². The Morgan fingerprint density at radius 3 is 2.76 bits per heavy atom. The molecular weight excluding hydrogens is 362 g/mol. The van der Waals surface area contributed by atoms with Crippen molar-refractivity contribution >= 4 is 39.8 Å². The zero-order valence-electron chi connectivity index (χ0n) is 13.7. The minimum atomic E-state index is -0.608. The lowest BCUT2D eigenvalue weighted by atomic mass is 9.93. The Labute approximate surface area is 154 Å². The Bertz CT molecular complexity index is 800. The van der Waals surface area contributed by atoms with E-state index in [0.717, 1.165) is 16.9 Å². The molecule has 1 atom stereocenters. The highest BCUT2D eigenvalue weighted by Crippen LogP contribution is 2.43. The summed E-state index contributed by atoms with van der Waals surface area (Å²) in [7, 11) is 0. The second-order valence-electron chi connectivity index (χ2n) is 5.74. The summed E-state index contributed by atoms with van der Waals surface area (Å²) in [5.41, 5.74) is 1.59. The Hall–Kier alpha value is -1.89. The van der Waals surface area contributed by atoms with Crippen LogP contribution in [0.1, 0.15) is 57.0 Å². The van der Waals surface area contributed by atoms with E-state index in [0.29, 0.717) is 34.0 Å². The van der Waals surface area contributed by atoms with Crippen LogP contribution >= 0.6 is 22.9 Å². The van der Waals surface area contributed by atoms with Crippen molar-refractivity contribution in [3.8, 4) is 0 Å². The summed E-state index contributed by atoms with van der Waals surface area (Å²) in [6, 6.07) is 6.49. The van der Waals surface area contributed by atoms with E-state index in [-0.39, 0.29) is 12.5 Å². The van der Waals surface area contributed by atoms with Gasteiger partial charge in [-0.15, -0.1) is 11.3 Å². The Balaban J connectivity index is 1.95. The number of carbonyl (C=O) groups is 2. The first-order chi connectivity index (χ1) is 12.0. The van der Waals surface area contributed by atoms with Crippen LogP contribution in [0.4, 0.5) is 5.00 Å². The van der Waals surface area contributed by atoms with Gasteiger partial charge in [-0.1, -0.05) is 11.6 Å². The average Bonchev–Trinajstić information content (AvgIpc) is 2.95. The Morgan fingerprint density at radius 2 is 2.08 bits per heavy atom. The van der Waals surface area contributed by atoms with Gasteiger partial charge in [0.1, 0.15) is 5.00 Å². The second-order valence-corrected chi connectivity index (χ2v) is 7.23. The van der Waals surface area contributed by atoms with Crippen molar-refractivity contribution in [1.29, 1.82) is 0 Å². The first-order valence-corrected chi connectivity index (χ1v) is 9.28. The molecule has 1 aliphatic rings. The SMILES string of the molecule is CCOC(=O)c1c(NC(=O)c2ccc(Cl)cc2)sc2c1CCC[C@H]2O. The molecule has 0 bridgehead atoms. The number of carbonyl (C=O) groups excluding carboxylic acids is 2. The quantitative estimate of drug-likeness (QED) is 0.780. The van der Waals surface area contributed by atoms with E-state index in [2.05, 4.69) is 5.32 Å². The lowest BCUT2D eigenvalue weighted by molar-refractivity contribution is 0.0526. The summed E-state index contributed by atoms with van der Waals surface area (Å²) in [4.78, 5) is 25.6. The number of fused-ring (bicyclic) bond motifs is 1. The van der Waals surface area contributed by atoms with E-state index in [1.54, 1.807) is 31.2 Å². The van der Waals surface area contributed by atoms with Gasteiger partial charge in [0.25, 0.3) is 5.91 Å². The van der Waals surface area contributed by atoms with Gasteiger partial charge in [-0.05, 0) is 56.0 Å². The summed E-state index contributed by atoms with van der Waals surface area (Å²) < 4.78 is 5.15. The highest BCUT2D eigenvalue weighted by molar-refractivity contribution is 7.17. The molecule has 0 aliphatic heterocycles. The highest BCUT2D eigenvalue weighted by Gasteiger charge is 2.31. The molecule has 1 amide bonds. The van der Waals surface area contributed by atoms with Crippen LogP contribution in [0.2, 0.25) is 5.02 Å². The fourth-order valence-electron chi connectivity index (χ4n) is 2.89. The van der Waals surface area contributed by atoms with Crippen LogP contribution in [0.5, 0.6) is 0 Å². The second kappa shape index (κ2) is 7.56. The van der Waals surface area contributed by atoms with Crippen molar-refractivity contribution in [2.24, 2.45) is 0 Å². The van der Waals surface area contributed by atoms with Crippen LogP contribution in [0.15, 0.2) is 24.3 Å². The largest absolute Gasteiger partial charge is 0.462 e. The van der Waals surface area contributed by atoms with Crippen LogP contribution in [0.3, 0.4) is 0 Å². The molecular formula is C18H18ClNO4S. The molecule has 0 fully saturated rings. The molecule has 132 valence electrons. The number of halogens is 1. The number of amides is 1. The van der Waals surface area contributed by atoms with E-state index in [4.69, 9.17) is 16.3 Å². The zero-order chi connectivity index (χ0) is 18.0. The minimum absolute atomic E-state index is 0.247. The van der Waals surface area contributed by atoms with Crippen LogP contribution in [-0.4, -0.2) is 23.6 Å². The van der Waals surface area contributed by atoms with Crippen LogP contribution in [-0.2, 0) is 11.2 Å². The van der Waals surface area contributed by atoms with Crippen LogP contribution in [0.25, 0.3) is 0 Å². The molecule has 0 saturated carbocycles. The number of hydrogen-bond donors (Lipinski definition) is 2. The van der Waals surface area contributed by atoms with Crippen molar-refractivity contribution in [2.75, 3.05) is 11.9 Å². The third-order valence-electron chi connectivity index (χ3n) is 4.06. The number of aliphatic hydroxyl groups is 1. The number of hydrogen-bond acceptors (Lipinski definition) is 5. The predicted molar refractivity (Wildman–Crippen MR) is 97.6 cm³/mol. The third kappa shape index (κ3) is 3.71. The van der Waals surface area contributed by atoms with Crippen LogP contribution in [0, 0.1) is 0 Å². The summed E-state index contributed by atoms with van der Waals surface area (Å²) in [5.74, 6) is -0.809.